The van der Waals surface area contributed by atoms with Gasteiger partial charge in [0.1, 0.15) is 11.4 Å². The highest BCUT2D eigenvalue weighted by molar-refractivity contribution is 6.32. The maximum absolute atomic E-state index is 12.5. The molecule has 0 saturated heterocycles. The normalized spacial score (nSPS) is 10.6. The summed E-state index contributed by atoms with van der Waals surface area (Å²) in [5, 5.41) is 26.0. The number of hydrogen-bond donors (Lipinski definition) is 1. The molecule has 12 nitrogen and oxygen atoms in total. The number of carbonyl (C=O) groups excluding carboxylic acids is 1. The van der Waals surface area contributed by atoms with E-state index in [9.17, 15) is 25.0 Å². The number of halogens is 1. The third kappa shape index (κ3) is 6.00. The summed E-state index contributed by atoms with van der Waals surface area (Å²) in [4.78, 5) is 33.1. The monoisotopic (exact) mass is 500 g/mol. The number of hydrogen-bond acceptors (Lipinski definition) is 10. The molecule has 0 spiro atoms. The Hall–Kier alpha value is -4.71. The zero-order chi connectivity index (χ0) is 25.5. The fourth-order valence-electron chi connectivity index (χ4n) is 2.85. The second kappa shape index (κ2) is 10.9. The van der Waals surface area contributed by atoms with Gasteiger partial charge in [-0.3, -0.25) is 25.7 Å². The Kier molecular flexibility index (Phi) is 7.79. The second-order valence-corrected chi connectivity index (χ2v) is 7.15. The molecule has 35 heavy (non-hydrogen) atoms. The van der Waals surface area contributed by atoms with Gasteiger partial charge in [0.2, 0.25) is 0 Å². The summed E-state index contributed by atoms with van der Waals surface area (Å²) in [6.07, 6.45) is 1.29. The molecular formula is C22H17ClN4O8. The molecule has 0 heterocycles. The molecule has 0 aliphatic rings. The number of hydrazone groups is 1. The molecule has 0 bridgehead atoms. The zero-order valence-electron chi connectivity index (χ0n) is 18.3. The number of nitro groups is 2. The fraction of sp³-hybridized carbons (Fsp3) is 0.0909. The van der Waals surface area contributed by atoms with Crippen LogP contribution < -0.4 is 19.6 Å². The second-order valence-electron chi connectivity index (χ2n) is 6.74. The van der Waals surface area contributed by atoms with E-state index in [1.807, 2.05) is 0 Å². The van der Waals surface area contributed by atoms with Gasteiger partial charge in [-0.2, -0.15) is 5.10 Å². The lowest BCUT2D eigenvalue weighted by atomic mass is 10.2. The lowest BCUT2D eigenvalue weighted by Gasteiger charge is -2.12. The lowest BCUT2D eigenvalue weighted by Crippen LogP contribution is -2.10. The van der Waals surface area contributed by atoms with E-state index in [0.717, 1.165) is 12.1 Å². The average molecular weight is 501 g/mol. The quantitative estimate of drug-likeness (QED) is 0.143. The van der Waals surface area contributed by atoms with Crippen LogP contribution in [-0.4, -0.2) is 36.3 Å². The molecule has 0 atom stereocenters. The number of non-ortho nitro benzene ring substituents is 1. The van der Waals surface area contributed by atoms with Crippen molar-refractivity contribution in [3.63, 3.8) is 0 Å². The SMILES string of the molecule is COc1ccc(C(=O)Oc2c(Cl)cc(/C=N\Nc3ccc([N+](=O)[O-])cc3[N+](=O)[O-])cc2OC)cc1. The highest BCUT2D eigenvalue weighted by Crippen LogP contribution is 2.37. The molecule has 0 saturated carbocycles. The molecule has 0 unspecified atom stereocenters. The number of nitrogens with zero attached hydrogens (tertiary/aromatic N) is 3. The molecule has 0 aliphatic heterocycles. The van der Waals surface area contributed by atoms with Gasteiger partial charge < -0.3 is 14.2 Å². The van der Waals surface area contributed by atoms with Crippen LogP contribution >= 0.6 is 11.6 Å². The molecule has 3 aromatic carbocycles. The van der Waals surface area contributed by atoms with Crippen LogP contribution in [0.5, 0.6) is 17.2 Å². The van der Waals surface area contributed by atoms with Gasteiger partial charge in [-0.15, -0.1) is 0 Å². The molecule has 3 rings (SSSR count). The van der Waals surface area contributed by atoms with E-state index in [2.05, 4.69) is 10.5 Å². The molecule has 0 amide bonds. The Labute approximate surface area is 203 Å². The minimum absolute atomic E-state index is 0.00824. The van der Waals surface area contributed by atoms with Crippen LogP contribution in [0.25, 0.3) is 0 Å². The Balaban J connectivity index is 1.79. The van der Waals surface area contributed by atoms with E-state index in [4.69, 9.17) is 25.8 Å². The van der Waals surface area contributed by atoms with Crippen LogP contribution in [0.15, 0.2) is 59.7 Å². The molecule has 0 fully saturated rings. The molecule has 0 aromatic heterocycles. The number of anilines is 1. The summed E-state index contributed by atoms with van der Waals surface area (Å²) in [6.45, 7) is 0. The van der Waals surface area contributed by atoms with E-state index in [1.54, 1.807) is 12.1 Å². The van der Waals surface area contributed by atoms with E-state index in [1.165, 1.54) is 50.8 Å². The number of rotatable bonds is 9. The van der Waals surface area contributed by atoms with E-state index >= 15 is 0 Å². The zero-order valence-corrected chi connectivity index (χ0v) is 19.0. The van der Waals surface area contributed by atoms with Gasteiger partial charge in [-0.1, -0.05) is 11.6 Å². The topological polar surface area (TPSA) is 155 Å². The van der Waals surface area contributed by atoms with Crippen molar-refractivity contribution in [2.45, 2.75) is 0 Å². The van der Waals surface area contributed by atoms with E-state index in [-0.39, 0.29) is 27.8 Å². The van der Waals surface area contributed by atoms with Crippen molar-refractivity contribution in [2.24, 2.45) is 5.10 Å². The van der Waals surface area contributed by atoms with Crippen molar-refractivity contribution >= 4 is 40.8 Å². The molecule has 0 aliphatic carbocycles. The highest BCUT2D eigenvalue weighted by Gasteiger charge is 2.20. The number of nitro benzene ring substituents is 2. The number of methoxy groups -OCH3 is 2. The van der Waals surface area contributed by atoms with Crippen molar-refractivity contribution in [1.29, 1.82) is 0 Å². The summed E-state index contributed by atoms with van der Waals surface area (Å²) in [5.74, 6) is 0.0446. The first-order chi connectivity index (χ1) is 16.7. The van der Waals surface area contributed by atoms with Crippen LogP contribution in [0.1, 0.15) is 15.9 Å². The van der Waals surface area contributed by atoms with Crippen molar-refractivity contribution in [1.82, 2.24) is 0 Å². The van der Waals surface area contributed by atoms with Gasteiger partial charge in [0.25, 0.3) is 5.69 Å². The molecule has 180 valence electrons. The fourth-order valence-corrected chi connectivity index (χ4v) is 3.11. The third-order valence-corrected chi connectivity index (χ3v) is 4.84. The summed E-state index contributed by atoms with van der Waals surface area (Å²) >= 11 is 6.29. The Morgan fingerprint density at radius 1 is 1.00 bits per heavy atom. The van der Waals surface area contributed by atoms with Gasteiger partial charge in [-0.25, -0.2) is 4.79 Å². The predicted molar refractivity (Wildman–Crippen MR) is 127 cm³/mol. The highest BCUT2D eigenvalue weighted by atomic mass is 35.5. The minimum atomic E-state index is -0.767. The van der Waals surface area contributed by atoms with Crippen LogP contribution in [0.2, 0.25) is 5.02 Å². The largest absolute Gasteiger partial charge is 0.497 e. The molecule has 0 radical (unpaired) electrons. The maximum Gasteiger partial charge on any atom is 0.343 e. The van der Waals surface area contributed by atoms with Gasteiger partial charge in [-0.05, 0) is 48.0 Å². The third-order valence-electron chi connectivity index (χ3n) is 4.56. The summed E-state index contributed by atoms with van der Waals surface area (Å²) < 4.78 is 15.7. The summed E-state index contributed by atoms with van der Waals surface area (Å²) in [6, 6.07) is 12.3. The standard InChI is InChI=1S/C22H17ClN4O8/c1-33-16-6-3-14(4-7-16)22(28)35-21-17(23)9-13(10-20(21)34-2)12-24-25-18-8-5-15(26(29)30)11-19(18)27(31)32/h3-12,25H,1-2H3/b24-12-. The number of ether oxygens (including phenoxy) is 3. The van der Waals surface area contributed by atoms with Gasteiger partial charge in [0.05, 0.1) is 46.9 Å². The lowest BCUT2D eigenvalue weighted by molar-refractivity contribution is -0.393. The van der Waals surface area contributed by atoms with E-state index < -0.39 is 27.2 Å². The maximum atomic E-state index is 12.5. The number of benzene rings is 3. The summed E-state index contributed by atoms with van der Waals surface area (Å²) in [5.41, 5.74) is 2.14. The predicted octanol–water partition coefficient (Wildman–Crippen LogP) is 4.84. The summed E-state index contributed by atoms with van der Waals surface area (Å²) in [7, 11) is 2.86. The Morgan fingerprint density at radius 3 is 2.31 bits per heavy atom. The van der Waals surface area contributed by atoms with Gasteiger partial charge >= 0.3 is 11.7 Å². The minimum Gasteiger partial charge on any atom is -0.497 e. The van der Waals surface area contributed by atoms with Crippen LogP contribution in [0.3, 0.4) is 0 Å². The first-order valence-electron chi connectivity index (χ1n) is 9.69. The van der Waals surface area contributed by atoms with Crippen LogP contribution in [-0.2, 0) is 0 Å². The number of nitrogens with one attached hydrogen (secondary N) is 1. The van der Waals surface area contributed by atoms with Crippen molar-refractivity contribution in [3.05, 3.63) is 91.0 Å². The number of carbonyl (C=O) groups is 1. The van der Waals surface area contributed by atoms with Crippen molar-refractivity contribution < 1.29 is 28.9 Å². The smallest absolute Gasteiger partial charge is 0.343 e. The van der Waals surface area contributed by atoms with Crippen molar-refractivity contribution in [2.75, 3.05) is 19.6 Å². The molecular weight excluding hydrogens is 484 g/mol. The van der Waals surface area contributed by atoms with Crippen LogP contribution in [0.4, 0.5) is 17.1 Å². The van der Waals surface area contributed by atoms with Gasteiger partial charge in [0.15, 0.2) is 11.5 Å². The van der Waals surface area contributed by atoms with Crippen molar-refractivity contribution in [3.8, 4) is 17.2 Å². The average Bonchev–Trinajstić information content (AvgIpc) is 2.85. The van der Waals surface area contributed by atoms with Gasteiger partial charge in [0, 0.05) is 6.07 Å². The Morgan fingerprint density at radius 2 is 1.71 bits per heavy atom. The first kappa shape index (κ1) is 24.9. The van der Waals surface area contributed by atoms with Crippen LogP contribution in [0, 0.1) is 20.2 Å². The van der Waals surface area contributed by atoms with E-state index in [0.29, 0.717) is 11.3 Å². The Bertz CT molecular complexity index is 1310. The molecule has 13 heteroatoms. The number of esters is 1. The molecule has 3 aromatic rings. The molecule has 1 N–H and O–H groups in total. The first-order valence-corrected chi connectivity index (χ1v) is 10.1.